The zero-order chi connectivity index (χ0) is 26.2. The van der Waals surface area contributed by atoms with E-state index in [1.807, 2.05) is 84.9 Å². The summed E-state index contributed by atoms with van der Waals surface area (Å²) in [6, 6.07) is 23.6. The summed E-state index contributed by atoms with van der Waals surface area (Å²) in [7, 11) is -2.24. The lowest BCUT2D eigenvalue weighted by Crippen LogP contribution is -2.48. The van der Waals surface area contributed by atoms with Crippen molar-refractivity contribution in [2.24, 2.45) is 0 Å². The van der Waals surface area contributed by atoms with E-state index < -0.39 is 15.8 Å². The highest BCUT2D eigenvalue weighted by molar-refractivity contribution is 7.73. The molecule has 7 nitrogen and oxygen atoms in total. The van der Waals surface area contributed by atoms with Crippen molar-refractivity contribution < 1.29 is 8.42 Å². The molecular formula is C30H27N5O2S. The van der Waals surface area contributed by atoms with Crippen LogP contribution in [0.4, 0.5) is 0 Å². The molecule has 0 aliphatic heterocycles. The van der Waals surface area contributed by atoms with Crippen LogP contribution >= 0.6 is 0 Å². The summed E-state index contributed by atoms with van der Waals surface area (Å²) in [5.74, 6) is 0. The van der Waals surface area contributed by atoms with Crippen LogP contribution in [0.3, 0.4) is 0 Å². The Labute approximate surface area is 223 Å². The van der Waals surface area contributed by atoms with E-state index >= 15 is 0 Å². The quantitative estimate of drug-likeness (QED) is 0.299. The Bertz CT molecular complexity index is 1470. The fourth-order valence-corrected chi connectivity index (χ4v) is 5.18. The minimum atomic E-state index is -2.24. The molecule has 0 atom stereocenters. The van der Waals surface area contributed by atoms with Crippen molar-refractivity contribution >= 4 is 15.2 Å². The van der Waals surface area contributed by atoms with E-state index in [9.17, 15) is 8.42 Å². The van der Waals surface area contributed by atoms with Gasteiger partial charge in [-0.2, -0.15) is 8.42 Å². The molecule has 0 spiro atoms. The van der Waals surface area contributed by atoms with Crippen molar-refractivity contribution in [3.8, 4) is 0 Å². The van der Waals surface area contributed by atoms with Gasteiger partial charge in [0.15, 0.2) is 0 Å². The highest BCUT2D eigenvalue weighted by atomic mass is 32.2. The van der Waals surface area contributed by atoms with E-state index in [-0.39, 0.29) is 0 Å². The lowest BCUT2D eigenvalue weighted by Gasteiger charge is -2.43. The van der Waals surface area contributed by atoms with Crippen molar-refractivity contribution in [2.75, 3.05) is 0 Å². The lowest BCUT2D eigenvalue weighted by molar-refractivity contribution is 0.0924. The van der Waals surface area contributed by atoms with Gasteiger partial charge in [0.2, 0.25) is 10.3 Å². The number of nitrogens with zero attached hydrogens (tertiary/aromatic N) is 5. The van der Waals surface area contributed by atoms with Crippen LogP contribution in [0.5, 0.6) is 0 Å². The Balaban J connectivity index is 1.71. The van der Waals surface area contributed by atoms with Crippen LogP contribution < -0.4 is 0 Å². The third-order valence-electron chi connectivity index (χ3n) is 6.60. The molecule has 0 N–H and O–H groups in total. The van der Waals surface area contributed by atoms with Crippen LogP contribution in [-0.4, -0.2) is 38.1 Å². The Hall–Kier alpha value is -4.27. The molecule has 0 bridgehead atoms. The molecule has 1 aliphatic rings. The van der Waals surface area contributed by atoms with E-state index in [2.05, 4.69) is 14.9 Å². The third-order valence-corrected chi connectivity index (χ3v) is 7.33. The second-order valence-electron chi connectivity index (χ2n) is 8.98. The van der Waals surface area contributed by atoms with Crippen LogP contribution in [-0.2, 0) is 28.9 Å². The third kappa shape index (κ3) is 5.66. The monoisotopic (exact) mass is 521 g/mol. The van der Waals surface area contributed by atoms with Crippen molar-refractivity contribution in [3.05, 3.63) is 144 Å². The zero-order valence-corrected chi connectivity index (χ0v) is 21.6. The number of pyridine rings is 4. The maximum atomic E-state index is 11.5. The Morgan fingerprint density at radius 3 is 1.61 bits per heavy atom. The molecule has 0 unspecified atom stereocenters. The number of hydrogen-bond donors (Lipinski definition) is 0. The molecule has 5 rings (SSSR count). The van der Waals surface area contributed by atoms with E-state index in [1.165, 1.54) is 0 Å². The van der Waals surface area contributed by atoms with Gasteiger partial charge in [-0.3, -0.25) is 24.8 Å². The summed E-state index contributed by atoms with van der Waals surface area (Å²) >= 11 is 0. The number of rotatable bonds is 9. The molecule has 0 saturated carbocycles. The average molecular weight is 522 g/mol. The number of allylic oxidation sites excluding steroid dienone is 3. The van der Waals surface area contributed by atoms with E-state index in [0.29, 0.717) is 30.8 Å². The van der Waals surface area contributed by atoms with Crippen LogP contribution in [0.2, 0.25) is 0 Å². The fraction of sp³-hybridized carbons (Fsp3) is 0.167. The van der Waals surface area contributed by atoms with Gasteiger partial charge < -0.3 is 0 Å². The van der Waals surface area contributed by atoms with Crippen LogP contribution in [0.25, 0.3) is 0 Å². The highest BCUT2D eigenvalue weighted by Gasteiger charge is 2.44. The summed E-state index contributed by atoms with van der Waals surface area (Å²) in [6.45, 7) is 1.03. The smallest absolute Gasteiger partial charge is 0.217 e. The summed E-state index contributed by atoms with van der Waals surface area (Å²) < 4.78 is 23.1. The van der Waals surface area contributed by atoms with Gasteiger partial charge in [0.05, 0.1) is 27.6 Å². The molecule has 0 saturated heterocycles. The topological polar surface area (TPSA) is 88.9 Å². The van der Waals surface area contributed by atoms with Gasteiger partial charge in [0.25, 0.3) is 0 Å². The van der Waals surface area contributed by atoms with Crippen molar-refractivity contribution in [1.29, 1.82) is 0 Å². The van der Waals surface area contributed by atoms with Crippen LogP contribution in [0.1, 0.15) is 35.6 Å². The maximum Gasteiger partial charge on any atom is 0.217 e. The van der Waals surface area contributed by atoms with Gasteiger partial charge in [-0.15, -0.1) is 0 Å². The van der Waals surface area contributed by atoms with Gasteiger partial charge in [0, 0.05) is 50.7 Å². The molecule has 4 heterocycles. The van der Waals surface area contributed by atoms with Crippen molar-refractivity contribution in [3.63, 3.8) is 0 Å². The molecule has 0 amide bonds. The van der Waals surface area contributed by atoms with Gasteiger partial charge in [0.1, 0.15) is 5.54 Å². The molecule has 38 heavy (non-hydrogen) atoms. The molecule has 4 aromatic heterocycles. The molecule has 4 aromatic rings. The van der Waals surface area contributed by atoms with Gasteiger partial charge in [-0.05, 0) is 60.2 Å². The van der Waals surface area contributed by atoms with Crippen molar-refractivity contribution in [2.45, 2.75) is 31.5 Å². The first-order chi connectivity index (χ1) is 18.6. The molecule has 8 heteroatoms. The molecular weight excluding hydrogens is 494 g/mol. The maximum absolute atomic E-state index is 11.5. The van der Waals surface area contributed by atoms with E-state index in [4.69, 9.17) is 9.97 Å². The van der Waals surface area contributed by atoms with Gasteiger partial charge in [-0.25, -0.2) is 0 Å². The highest BCUT2D eigenvalue weighted by Crippen LogP contribution is 2.42. The number of aromatic nitrogens is 4. The lowest BCUT2D eigenvalue weighted by atomic mass is 9.80. The minimum absolute atomic E-state index is 0.350. The van der Waals surface area contributed by atoms with E-state index in [0.717, 1.165) is 28.3 Å². The van der Waals surface area contributed by atoms with Crippen LogP contribution in [0.15, 0.2) is 121 Å². The summed E-state index contributed by atoms with van der Waals surface area (Å²) in [5.41, 5.74) is 3.68. The Kier molecular flexibility index (Phi) is 7.92. The Morgan fingerprint density at radius 1 is 0.684 bits per heavy atom. The molecule has 1 aliphatic carbocycles. The second kappa shape index (κ2) is 11.9. The predicted molar refractivity (Wildman–Crippen MR) is 147 cm³/mol. The molecule has 0 radical (unpaired) electrons. The van der Waals surface area contributed by atoms with Gasteiger partial charge in [-0.1, -0.05) is 36.4 Å². The first kappa shape index (κ1) is 25.4. The largest absolute Gasteiger partial charge is 0.275 e. The first-order valence-electron chi connectivity index (χ1n) is 12.4. The normalized spacial score (nSPS) is 13.4. The van der Waals surface area contributed by atoms with Gasteiger partial charge >= 0.3 is 0 Å². The molecule has 190 valence electrons. The summed E-state index contributed by atoms with van der Waals surface area (Å²) in [4.78, 5) is 21.7. The van der Waals surface area contributed by atoms with Crippen LogP contribution in [0, 0.1) is 0 Å². The summed E-state index contributed by atoms with van der Waals surface area (Å²) in [5, 5.41) is 0. The Morgan fingerprint density at radius 2 is 1.21 bits per heavy atom. The standard InChI is InChI=1S/C30H27N5O2S/c36-38(37)27-15-13-24(14-16-27)21-30(28-11-3-7-19-33-28,29-12-4-8-20-34-29)35(22-25-9-1-5-17-31-25)23-26-10-2-6-18-32-26/h1-15,17-20H,16,21-23H2. The minimum Gasteiger partial charge on any atom is -0.275 e. The van der Waals surface area contributed by atoms with E-state index in [1.54, 1.807) is 30.9 Å². The first-order valence-corrected chi connectivity index (χ1v) is 13.4. The predicted octanol–water partition coefficient (Wildman–Crippen LogP) is 4.54. The average Bonchev–Trinajstić information content (AvgIpc) is 2.98. The fourth-order valence-electron chi connectivity index (χ4n) is 4.78. The number of hydrogen-bond acceptors (Lipinski definition) is 7. The molecule has 0 fully saturated rings. The second-order valence-corrected chi connectivity index (χ2v) is 9.98. The van der Waals surface area contributed by atoms with Crippen molar-refractivity contribution in [1.82, 2.24) is 24.8 Å². The zero-order valence-electron chi connectivity index (χ0n) is 20.8. The summed E-state index contributed by atoms with van der Waals surface area (Å²) in [6.07, 6.45) is 13.6. The SMILES string of the molecule is O=S(=O)=C1C=CC(CC(c2ccccn2)(c2ccccn2)N(Cc2ccccn2)Cc2ccccn2)=CC1. The molecule has 0 aromatic carbocycles.